The van der Waals surface area contributed by atoms with Crippen LogP contribution in [-0.4, -0.2) is 28.9 Å². The van der Waals surface area contributed by atoms with Crippen LogP contribution in [0, 0.1) is 11.7 Å². The van der Waals surface area contributed by atoms with Gasteiger partial charge in [-0.05, 0) is 43.4 Å². The average molecular weight is 399 g/mol. The van der Waals surface area contributed by atoms with E-state index in [4.69, 9.17) is 11.6 Å². The van der Waals surface area contributed by atoms with Gasteiger partial charge in [-0.3, -0.25) is 9.59 Å². The molecule has 2 rings (SSSR count). The highest BCUT2D eigenvalue weighted by Gasteiger charge is 2.26. The van der Waals surface area contributed by atoms with Gasteiger partial charge in [-0.25, -0.2) is 9.18 Å². The third-order valence-corrected chi connectivity index (χ3v) is 5.09. The lowest BCUT2D eigenvalue weighted by atomic mass is 9.87. The number of rotatable bonds is 7. The molecule has 27 heavy (non-hydrogen) atoms. The Labute approximate surface area is 162 Å². The first-order chi connectivity index (χ1) is 12.8. The summed E-state index contributed by atoms with van der Waals surface area (Å²) in [4.78, 5) is 35.9. The summed E-state index contributed by atoms with van der Waals surface area (Å²) >= 11 is 5.60. The molecule has 1 aliphatic rings. The van der Waals surface area contributed by atoms with E-state index in [2.05, 4.69) is 10.6 Å². The second kappa shape index (κ2) is 9.69. The summed E-state index contributed by atoms with van der Waals surface area (Å²) in [7, 11) is 0. The monoisotopic (exact) mass is 398 g/mol. The number of carboxylic acid groups (broad SMARTS) is 1. The van der Waals surface area contributed by atoms with Crippen LogP contribution in [0.15, 0.2) is 18.2 Å². The number of carboxylic acids is 1. The molecule has 0 spiro atoms. The fourth-order valence-electron chi connectivity index (χ4n) is 3.27. The molecule has 1 aromatic carbocycles. The maximum absolute atomic E-state index is 13.6. The third-order valence-electron chi connectivity index (χ3n) is 4.78. The Morgan fingerprint density at radius 1 is 1.22 bits per heavy atom. The van der Waals surface area contributed by atoms with E-state index in [0.717, 1.165) is 31.7 Å². The van der Waals surface area contributed by atoms with Gasteiger partial charge in [-0.15, -0.1) is 0 Å². The molecular weight excluding hydrogens is 375 g/mol. The molecule has 0 aromatic heterocycles. The first-order valence-electron chi connectivity index (χ1n) is 9.05. The van der Waals surface area contributed by atoms with Gasteiger partial charge in [-0.2, -0.15) is 0 Å². The number of amides is 2. The maximum Gasteiger partial charge on any atom is 0.330 e. The van der Waals surface area contributed by atoms with Crippen LogP contribution in [0.4, 0.5) is 4.39 Å². The van der Waals surface area contributed by atoms with Crippen LogP contribution in [0.25, 0.3) is 0 Å². The zero-order valence-electron chi connectivity index (χ0n) is 15.1. The predicted molar refractivity (Wildman–Crippen MR) is 98.7 cm³/mol. The van der Waals surface area contributed by atoms with Crippen molar-refractivity contribution in [1.82, 2.24) is 10.6 Å². The zero-order valence-corrected chi connectivity index (χ0v) is 15.9. The van der Waals surface area contributed by atoms with Crippen LogP contribution in [0.3, 0.4) is 0 Å². The highest BCUT2D eigenvalue weighted by Crippen LogP contribution is 2.26. The summed E-state index contributed by atoms with van der Waals surface area (Å²) in [6.07, 6.45) is 5.81. The van der Waals surface area contributed by atoms with Crippen molar-refractivity contribution in [3.63, 3.8) is 0 Å². The first-order valence-corrected chi connectivity index (χ1v) is 9.43. The molecule has 0 aliphatic heterocycles. The van der Waals surface area contributed by atoms with E-state index in [0.29, 0.717) is 12.3 Å². The predicted octanol–water partition coefficient (Wildman–Crippen LogP) is 3.20. The van der Waals surface area contributed by atoms with E-state index in [-0.39, 0.29) is 16.5 Å². The number of nitrogens with one attached hydrogen (secondary N) is 2. The van der Waals surface area contributed by atoms with Gasteiger partial charge >= 0.3 is 5.97 Å². The second-order valence-electron chi connectivity index (χ2n) is 6.95. The standard InChI is InChI=1S/C19H24ClFN2O4/c1-11(22-16(24)9-12-5-3-2-4-6-12)18(25)23-17(19(26)27)13-7-8-14(20)15(21)10-13/h7-8,10-12,17H,2-6,9H2,1H3,(H,22,24)(H,23,25)(H,26,27). The van der Waals surface area contributed by atoms with E-state index in [1.165, 1.54) is 25.5 Å². The maximum atomic E-state index is 13.6. The molecule has 0 saturated heterocycles. The number of halogens is 2. The average Bonchev–Trinajstić information content (AvgIpc) is 2.62. The number of hydrogen-bond acceptors (Lipinski definition) is 3. The second-order valence-corrected chi connectivity index (χ2v) is 7.36. The highest BCUT2D eigenvalue weighted by molar-refractivity contribution is 6.30. The molecule has 1 aliphatic carbocycles. The summed E-state index contributed by atoms with van der Waals surface area (Å²) in [6.45, 7) is 1.48. The smallest absolute Gasteiger partial charge is 0.330 e. The lowest BCUT2D eigenvalue weighted by Gasteiger charge is -2.23. The van der Waals surface area contributed by atoms with Crippen molar-refractivity contribution in [3.05, 3.63) is 34.6 Å². The van der Waals surface area contributed by atoms with E-state index in [1.54, 1.807) is 0 Å². The van der Waals surface area contributed by atoms with Gasteiger partial charge in [0.2, 0.25) is 11.8 Å². The van der Waals surface area contributed by atoms with Gasteiger partial charge < -0.3 is 15.7 Å². The number of carbonyl (C=O) groups is 3. The zero-order chi connectivity index (χ0) is 20.0. The van der Waals surface area contributed by atoms with E-state index >= 15 is 0 Å². The fraction of sp³-hybridized carbons (Fsp3) is 0.526. The minimum absolute atomic E-state index is 0.0542. The molecule has 6 nitrogen and oxygen atoms in total. The van der Waals surface area contributed by atoms with Crippen molar-refractivity contribution in [2.24, 2.45) is 5.92 Å². The Balaban J connectivity index is 1.94. The number of aliphatic carboxylic acids is 1. The topological polar surface area (TPSA) is 95.5 Å². The molecule has 1 fully saturated rings. The van der Waals surface area contributed by atoms with Crippen molar-refractivity contribution >= 4 is 29.4 Å². The molecular formula is C19H24ClFN2O4. The molecule has 1 aromatic rings. The fourth-order valence-corrected chi connectivity index (χ4v) is 3.38. The van der Waals surface area contributed by atoms with Crippen LogP contribution in [0.2, 0.25) is 5.02 Å². The molecule has 2 atom stereocenters. The molecule has 3 N–H and O–H groups in total. The van der Waals surface area contributed by atoms with Crippen molar-refractivity contribution in [2.75, 3.05) is 0 Å². The SMILES string of the molecule is CC(NC(=O)CC1CCCCC1)C(=O)NC(C(=O)O)c1ccc(Cl)c(F)c1. The van der Waals surface area contributed by atoms with Crippen molar-refractivity contribution in [2.45, 2.75) is 57.5 Å². The van der Waals surface area contributed by atoms with Gasteiger partial charge in [0.1, 0.15) is 11.9 Å². The van der Waals surface area contributed by atoms with Crippen LogP contribution in [0.5, 0.6) is 0 Å². The Kier molecular flexibility index (Phi) is 7.59. The van der Waals surface area contributed by atoms with Crippen LogP contribution in [-0.2, 0) is 14.4 Å². The summed E-state index contributed by atoms with van der Waals surface area (Å²) in [5.41, 5.74) is 0.0542. The Morgan fingerprint density at radius 2 is 1.89 bits per heavy atom. The van der Waals surface area contributed by atoms with Gasteiger partial charge in [0.25, 0.3) is 0 Å². The first kappa shape index (κ1) is 21.2. The Hall–Kier alpha value is -2.15. The molecule has 8 heteroatoms. The van der Waals surface area contributed by atoms with Crippen molar-refractivity contribution < 1.29 is 23.9 Å². The molecule has 0 radical (unpaired) electrons. The number of hydrogen-bond donors (Lipinski definition) is 3. The molecule has 148 valence electrons. The molecule has 2 amide bonds. The lowest BCUT2D eigenvalue weighted by molar-refractivity contribution is -0.142. The summed E-state index contributed by atoms with van der Waals surface area (Å²) in [6, 6.07) is 1.18. The highest BCUT2D eigenvalue weighted by atomic mass is 35.5. The molecule has 2 unspecified atom stereocenters. The summed E-state index contributed by atoms with van der Waals surface area (Å²) in [5.74, 6) is -2.67. The lowest BCUT2D eigenvalue weighted by Crippen LogP contribution is -2.47. The van der Waals surface area contributed by atoms with Crippen LogP contribution in [0.1, 0.15) is 57.1 Å². The van der Waals surface area contributed by atoms with Gasteiger partial charge in [0, 0.05) is 6.42 Å². The van der Waals surface area contributed by atoms with E-state index in [1.807, 2.05) is 0 Å². The van der Waals surface area contributed by atoms with E-state index < -0.39 is 29.8 Å². The van der Waals surface area contributed by atoms with E-state index in [9.17, 15) is 23.9 Å². The van der Waals surface area contributed by atoms with Gasteiger partial charge in [0.15, 0.2) is 6.04 Å². The van der Waals surface area contributed by atoms with Crippen molar-refractivity contribution in [1.29, 1.82) is 0 Å². The summed E-state index contributed by atoms with van der Waals surface area (Å²) in [5, 5.41) is 14.1. The Bertz CT molecular complexity index is 707. The molecule has 0 heterocycles. The van der Waals surface area contributed by atoms with Gasteiger partial charge in [0.05, 0.1) is 5.02 Å². The summed E-state index contributed by atoms with van der Waals surface area (Å²) < 4.78 is 13.6. The molecule has 0 bridgehead atoms. The largest absolute Gasteiger partial charge is 0.479 e. The minimum atomic E-state index is -1.44. The normalized spacial score (nSPS) is 17.0. The van der Waals surface area contributed by atoms with Crippen molar-refractivity contribution in [3.8, 4) is 0 Å². The number of carbonyl (C=O) groups excluding carboxylic acids is 2. The minimum Gasteiger partial charge on any atom is -0.479 e. The molecule has 1 saturated carbocycles. The van der Waals surface area contributed by atoms with Gasteiger partial charge in [-0.1, -0.05) is 36.9 Å². The number of benzene rings is 1. The third kappa shape index (κ3) is 6.20. The Morgan fingerprint density at radius 3 is 2.48 bits per heavy atom. The van der Waals surface area contributed by atoms with Crippen LogP contribution < -0.4 is 10.6 Å². The quantitative estimate of drug-likeness (QED) is 0.657. The van der Waals surface area contributed by atoms with Crippen LogP contribution >= 0.6 is 11.6 Å².